The Bertz CT molecular complexity index is 2050. The maximum Gasteiger partial charge on any atom is 0.338 e. The fourth-order valence-corrected chi connectivity index (χ4v) is 9.92. The number of piperidine rings is 6. The van der Waals surface area contributed by atoms with E-state index < -0.39 is 24.1 Å². The van der Waals surface area contributed by atoms with Gasteiger partial charge in [0.05, 0.1) is 34.2 Å². The van der Waals surface area contributed by atoms with Crippen LogP contribution in [-0.2, 0) is 9.47 Å². The van der Waals surface area contributed by atoms with Crippen LogP contribution >= 0.6 is 0 Å². The molecule has 6 fully saturated rings. The van der Waals surface area contributed by atoms with Crippen molar-refractivity contribution in [2.24, 2.45) is 23.7 Å². The van der Waals surface area contributed by atoms with Gasteiger partial charge in [0, 0.05) is 47.4 Å². The molecular formula is C46H46N4O4. The van der Waals surface area contributed by atoms with Crippen LogP contribution in [0.15, 0.2) is 123 Å². The molecule has 0 radical (unpaired) electrons. The standard InChI is InChI=1S/C46H46N4O4/c1-3-29-27-49-23-19-33(29)25-41(49)43(37-17-21-47-39-11-7-5-9-35(37)39)53-45(51)31-13-15-32(16-14-31)46(52)54-44(38-18-22-48-40-12-8-6-10-36(38)40)42-26-34-20-24-50(42)28-30(34)4-2/h3-18,21-22,29-30,33-34,41-44H,1-2,19-20,23-28H2/t29-,30-,33-,34-,41+,42+,43-,44-/m0/s1. The molecule has 10 atom stereocenters. The number of benzene rings is 3. The van der Waals surface area contributed by atoms with Crippen molar-refractivity contribution in [2.75, 3.05) is 26.2 Å². The number of hydrogen-bond donors (Lipinski definition) is 0. The van der Waals surface area contributed by atoms with Gasteiger partial charge in [0.2, 0.25) is 0 Å². The van der Waals surface area contributed by atoms with Crippen molar-refractivity contribution in [1.82, 2.24) is 19.8 Å². The summed E-state index contributed by atoms with van der Waals surface area (Å²) in [6.07, 6.45) is 10.9. The zero-order chi connectivity index (χ0) is 36.8. The fourth-order valence-electron chi connectivity index (χ4n) is 9.92. The third-order valence-electron chi connectivity index (χ3n) is 12.8. The predicted molar refractivity (Wildman–Crippen MR) is 210 cm³/mol. The molecule has 3 aromatic carbocycles. The van der Waals surface area contributed by atoms with Gasteiger partial charge in [-0.2, -0.15) is 0 Å². The average Bonchev–Trinajstić information content (AvgIpc) is 3.24. The molecule has 0 saturated carbocycles. The third kappa shape index (κ3) is 6.31. The van der Waals surface area contributed by atoms with Crippen LogP contribution in [0.2, 0.25) is 0 Å². The number of fused-ring (bicyclic) bond motifs is 8. The molecule has 6 aliphatic heterocycles. The molecule has 0 spiro atoms. The second kappa shape index (κ2) is 14.6. The normalized spacial score (nSPS) is 28.3. The summed E-state index contributed by atoms with van der Waals surface area (Å²) in [5, 5.41) is 1.97. The first-order valence-electron chi connectivity index (χ1n) is 19.4. The molecular weight excluding hydrogens is 673 g/mol. The minimum absolute atomic E-state index is 0.0395. The van der Waals surface area contributed by atoms with Crippen LogP contribution < -0.4 is 0 Å². The van der Waals surface area contributed by atoms with Crippen molar-refractivity contribution in [2.45, 2.75) is 50.0 Å². The quantitative estimate of drug-likeness (QED) is 0.105. The number of hydrogen-bond acceptors (Lipinski definition) is 8. The van der Waals surface area contributed by atoms with Gasteiger partial charge >= 0.3 is 11.9 Å². The zero-order valence-corrected chi connectivity index (χ0v) is 30.5. The number of nitrogens with zero attached hydrogens (tertiary/aromatic N) is 4. The van der Waals surface area contributed by atoms with E-state index in [0.29, 0.717) is 34.8 Å². The number of para-hydroxylation sites is 2. The van der Waals surface area contributed by atoms with Gasteiger partial charge in [0.15, 0.2) is 0 Å². The summed E-state index contributed by atoms with van der Waals surface area (Å²) in [5.74, 6) is 1.06. The summed E-state index contributed by atoms with van der Waals surface area (Å²) in [7, 11) is 0. The van der Waals surface area contributed by atoms with E-state index in [1.165, 1.54) is 0 Å². The first kappa shape index (κ1) is 34.6. The van der Waals surface area contributed by atoms with E-state index >= 15 is 0 Å². The Morgan fingerprint density at radius 1 is 0.630 bits per heavy atom. The summed E-state index contributed by atoms with van der Waals surface area (Å²) >= 11 is 0. The molecule has 0 amide bonds. The first-order chi connectivity index (χ1) is 26.5. The van der Waals surface area contributed by atoms with E-state index in [1.807, 2.05) is 48.5 Å². The van der Waals surface area contributed by atoms with Crippen LogP contribution in [-0.4, -0.2) is 70.0 Å². The van der Waals surface area contributed by atoms with Gasteiger partial charge < -0.3 is 9.47 Å². The first-order valence-corrected chi connectivity index (χ1v) is 19.4. The Morgan fingerprint density at radius 3 is 1.44 bits per heavy atom. The number of carbonyl (C=O) groups excluding carboxylic acids is 2. The number of esters is 2. The highest BCUT2D eigenvalue weighted by atomic mass is 16.5. The molecule has 11 rings (SSSR count). The highest BCUT2D eigenvalue weighted by Crippen LogP contribution is 2.45. The maximum absolute atomic E-state index is 14.0. The SMILES string of the molecule is C=C[C@H]1CN2CC[C@H]1C[C@@H]2[C@@H](OC(=O)c1ccc(C(=O)O[C@@H](c2ccnc3ccccc23)[C@H]2C[C@@H]3CCN2C[C@@H]3C=C)cc1)c1ccnc2ccccc12. The van der Waals surface area contributed by atoms with Crippen LogP contribution in [0, 0.1) is 23.7 Å². The van der Waals surface area contributed by atoms with Crippen molar-refractivity contribution in [3.8, 4) is 0 Å². The lowest BCUT2D eigenvalue weighted by molar-refractivity contribution is -0.0571. The zero-order valence-electron chi connectivity index (χ0n) is 30.5. The van der Waals surface area contributed by atoms with Gasteiger partial charge in [-0.25, -0.2) is 9.59 Å². The van der Waals surface area contributed by atoms with E-state index in [0.717, 1.165) is 84.8 Å². The summed E-state index contributed by atoms with van der Waals surface area (Å²) in [6, 6.07) is 26.8. The Morgan fingerprint density at radius 2 is 1.06 bits per heavy atom. The highest BCUT2D eigenvalue weighted by Gasteiger charge is 2.46. The molecule has 2 unspecified atom stereocenters. The van der Waals surface area contributed by atoms with Crippen LogP contribution in [0.5, 0.6) is 0 Å². The van der Waals surface area contributed by atoms with Gasteiger partial charge in [0.25, 0.3) is 0 Å². The summed E-state index contributed by atoms with van der Waals surface area (Å²) in [6.45, 7) is 12.0. The van der Waals surface area contributed by atoms with E-state index in [2.05, 4.69) is 57.2 Å². The van der Waals surface area contributed by atoms with Crippen LogP contribution in [0.25, 0.3) is 21.8 Å². The Labute approximate surface area is 316 Å². The van der Waals surface area contributed by atoms with Crippen molar-refractivity contribution in [1.29, 1.82) is 0 Å². The number of aromatic nitrogens is 2. The third-order valence-corrected chi connectivity index (χ3v) is 12.8. The monoisotopic (exact) mass is 718 g/mol. The lowest BCUT2D eigenvalue weighted by Crippen LogP contribution is -2.55. The fraction of sp³-hybridized carbons (Fsp3) is 0.348. The van der Waals surface area contributed by atoms with E-state index in [4.69, 9.17) is 9.47 Å². The Hall–Kier alpha value is -5.18. The molecule has 6 saturated heterocycles. The number of carbonyl (C=O) groups is 2. The molecule has 8 heterocycles. The molecule has 274 valence electrons. The summed E-state index contributed by atoms with van der Waals surface area (Å²) in [5.41, 5.74) is 4.44. The molecule has 54 heavy (non-hydrogen) atoms. The minimum atomic E-state index is -0.485. The largest absolute Gasteiger partial charge is 0.452 e. The molecule has 6 aliphatic rings. The van der Waals surface area contributed by atoms with Gasteiger partial charge in [-0.15, -0.1) is 13.2 Å². The minimum Gasteiger partial charge on any atom is -0.452 e. The van der Waals surface area contributed by atoms with E-state index in [1.54, 1.807) is 36.7 Å². The number of pyridine rings is 2. The predicted octanol–water partition coefficient (Wildman–Crippen LogP) is 8.37. The molecule has 2 aromatic heterocycles. The van der Waals surface area contributed by atoms with E-state index in [-0.39, 0.29) is 12.1 Å². The molecule has 4 bridgehead atoms. The Balaban J connectivity index is 0.979. The molecule has 0 N–H and O–H groups in total. The summed E-state index contributed by atoms with van der Waals surface area (Å²) < 4.78 is 13.0. The van der Waals surface area contributed by atoms with Crippen molar-refractivity contribution in [3.05, 3.63) is 145 Å². The molecule has 0 aliphatic carbocycles. The van der Waals surface area contributed by atoms with E-state index in [9.17, 15) is 9.59 Å². The van der Waals surface area contributed by atoms with Crippen LogP contribution in [0.1, 0.15) is 69.7 Å². The number of rotatable bonds is 10. The van der Waals surface area contributed by atoms with Crippen LogP contribution in [0.4, 0.5) is 0 Å². The van der Waals surface area contributed by atoms with Crippen molar-refractivity contribution in [3.63, 3.8) is 0 Å². The maximum atomic E-state index is 14.0. The molecule has 8 heteroatoms. The van der Waals surface area contributed by atoms with Gasteiger partial charge in [-0.1, -0.05) is 48.6 Å². The molecule has 5 aromatic rings. The lowest BCUT2D eigenvalue weighted by atomic mass is 9.73. The van der Waals surface area contributed by atoms with Crippen LogP contribution in [0.3, 0.4) is 0 Å². The van der Waals surface area contributed by atoms with Gasteiger partial charge in [-0.05, 0) is 111 Å². The second-order valence-corrected chi connectivity index (χ2v) is 15.6. The van der Waals surface area contributed by atoms with Crippen molar-refractivity contribution < 1.29 is 19.1 Å². The molecule has 8 nitrogen and oxygen atoms in total. The second-order valence-electron chi connectivity index (χ2n) is 15.6. The lowest BCUT2D eigenvalue weighted by Gasteiger charge is -2.51. The highest BCUT2D eigenvalue weighted by molar-refractivity contribution is 5.94. The average molecular weight is 719 g/mol. The number of ether oxygens (including phenoxy) is 2. The Kier molecular flexibility index (Phi) is 9.33. The smallest absolute Gasteiger partial charge is 0.338 e. The topological polar surface area (TPSA) is 84.9 Å². The van der Waals surface area contributed by atoms with Crippen molar-refractivity contribution >= 4 is 33.7 Å². The summed E-state index contributed by atoms with van der Waals surface area (Å²) in [4.78, 5) is 42.2. The van der Waals surface area contributed by atoms with Gasteiger partial charge in [0.1, 0.15) is 12.2 Å². The van der Waals surface area contributed by atoms with Gasteiger partial charge in [-0.3, -0.25) is 19.8 Å².